The van der Waals surface area contributed by atoms with E-state index in [1.807, 2.05) is 62.4 Å². The van der Waals surface area contributed by atoms with Gasteiger partial charge in [-0.15, -0.1) is 0 Å². The van der Waals surface area contributed by atoms with Crippen molar-refractivity contribution < 1.29 is 4.79 Å². The Hall–Kier alpha value is -3.01. The van der Waals surface area contributed by atoms with Gasteiger partial charge in [0, 0.05) is 11.1 Å². The van der Waals surface area contributed by atoms with Crippen LogP contribution in [0.4, 0.5) is 0 Å². The van der Waals surface area contributed by atoms with E-state index < -0.39 is 0 Å². The number of fused-ring (bicyclic) bond motifs is 1. The first-order valence-corrected chi connectivity index (χ1v) is 7.40. The van der Waals surface area contributed by atoms with Crippen molar-refractivity contribution in [3.8, 4) is 0 Å². The van der Waals surface area contributed by atoms with Crippen LogP contribution in [0.3, 0.4) is 0 Å². The molecule has 0 unspecified atom stereocenters. The normalized spacial score (nSPS) is 11.0. The number of hydrogen-bond acceptors (Lipinski definition) is 3. The molecule has 0 saturated heterocycles. The van der Waals surface area contributed by atoms with Gasteiger partial charge in [-0.1, -0.05) is 48.0 Å². The first-order valence-electron chi connectivity index (χ1n) is 7.40. The maximum absolute atomic E-state index is 12.4. The Bertz CT molecular complexity index is 883. The smallest absolute Gasteiger partial charge is 0.267 e. The maximum Gasteiger partial charge on any atom is 0.272 e. The van der Waals surface area contributed by atoms with Crippen molar-refractivity contribution in [2.24, 2.45) is 5.10 Å². The molecule has 4 nitrogen and oxygen atoms in total. The SMILES string of the molecule is Cc1ccc(/C=N\NC(=O)c2cc(C)nc3ccccc23)cc1. The zero-order chi connectivity index (χ0) is 16.2. The minimum atomic E-state index is -0.241. The number of nitrogens with one attached hydrogen (secondary N) is 1. The van der Waals surface area contributed by atoms with Crippen LogP contribution >= 0.6 is 0 Å². The van der Waals surface area contributed by atoms with Crippen molar-refractivity contribution >= 4 is 23.0 Å². The van der Waals surface area contributed by atoms with Crippen LogP contribution in [0.2, 0.25) is 0 Å². The molecule has 1 amide bonds. The molecule has 0 bridgehead atoms. The second-order valence-electron chi connectivity index (χ2n) is 5.44. The quantitative estimate of drug-likeness (QED) is 0.593. The van der Waals surface area contributed by atoms with E-state index in [0.29, 0.717) is 5.56 Å². The molecule has 0 atom stereocenters. The van der Waals surface area contributed by atoms with Gasteiger partial charge in [0.2, 0.25) is 0 Å². The Labute approximate surface area is 134 Å². The van der Waals surface area contributed by atoms with Crippen LogP contribution in [0.25, 0.3) is 10.9 Å². The van der Waals surface area contributed by atoms with Gasteiger partial charge in [0.25, 0.3) is 5.91 Å². The number of carbonyl (C=O) groups excluding carboxylic acids is 1. The zero-order valence-corrected chi connectivity index (χ0v) is 13.1. The van der Waals surface area contributed by atoms with Crippen molar-refractivity contribution in [1.29, 1.82) is 0 Å². The van der Waals surface area contributed by atoms with Gasteiger partial charge in [-0.05, 0) is 31.5 Å². The van der Waals surface area contributed by atoms with Crippen molar-refractivity contribution in [2.45, 2.75) is 13.8 Å². The van der Waals surface area contributed by atoms with Gasteiger partial charge in [-0.2, -0.15) is 5.10 Å². The highest BCUT2D eigenvalue weighted by Gasteiger charge is 2.10. The maximum atomic E-state index is 12.4. The third kappa shape index (κ3) is 3.43. The summed E-state index contributed by atoms with van der Waals surface area (Å²) in [5, 5.41) is 4.86. The fraction of sp³-hybridized carbons (Fsp3) is 0.105. The van der Waals surface area contributed by atoms with Crippen molar-refractivity contribution in [3.05, 3.63) is 77.0 Å². The largest absolute Gasteiger partial charge is 0.272 e. The highest BCUT2D eigenvalue weighted by Crippen LogP contribution is 2.18. The summed E-state index contributed by atoms with van der Waals surface area (Å²) in [7, 11) is 0. The molecule has 4 heteroatoms. The van der Waals surface area contributed by atoms with Crippen molar-refractivity contribution in [3.63, 3.8) is 0 Å². The monoisotopic (exact) mass is 303 g/mol. The molecule has 3 aromatic rings. The molecule has 0 aliphatic heterocycles. The summed E-state index contributed by atoms with van der Waals surface area (Å²) in [6.45, 7) is 3.90. The Balaban J connectivity index is 1.82. The summed E-state index contributed by atoms with van der Waals surface area (Å²) in [5.74, 6) is -0.241. The highest BCUT2D eigenvalue weighted by atomic mass is 16.2. The Morgan fingerprint density at radius 2 is 1.83 bits per heavy atom. The van der Waals surface area contributed by atoms with Gasteiger partial charge in [0.05, 0.1) is 17.3 Å². The summed E-state index contributed by atoms with van der Waals surface area (Å²) in [4.78, 5) is 16.8. The molecule has 1 aromatic heterocycles. The van der Waals surface area contributed by atoms with E-state index in [0.717, 1.165) is 22.2 Å². The predicted molar refractivity (Wildman–Crippen MR) is 92.7 cm³/mol. The van der Waals surface area contributed by atoms with E-state index in [-0.39, 0.29) is 5.91 Å². The molecule has 0 spiro atoms. The lowest BCUT2D eigenvalue weighted by Crippen LogP contribution is -2.18. The summed E-state index contributed by atoms with van der Waals surface area (Å²) in [6, 6.07) is 17.3. The number of pyridine rings is 1. The predicted octanol–water partition coefficient (Wildman–Crippen LogP) is 3.62. The lowest BCUT2D eigenvalue weighted by molar-refractivity contribution is 0.0956. The molecule has 114 valence electrons. The van der Waals surface area contributed by atoms with Gasteiger partial charge in [0.1, 0.15) is 0 Å². The number of rotatable bonds is 3. The van der Waals surface area contributed by atoms with Crippen LogP contribution in [-0.4, -0.2) is 17.1 Å². The molecule has 23 heavy (non-hydrogen) atoms. The summed E-state index contributed by atoms with van der Waals surface area (Å²) in [6.07, 6.45) is 1.63. The Morgan fingerprint density at radius 1 is 1.09 bits per heavy atom. The van der Waals surface area contributed by atoms with Crippen LogP contribution < -0.4 is 5.43 Å². The standard InChI is InChI=1S/C19H17N3O/c1-13-7-9-15(10-8-13)12-20-22-19(23)17-11-14(2)21-18-6-4-3-5-16(17)18/h3-12H,1-2H3,(H,22,23)/b20-12-. The van der Waals surface area contributed by atoms with Gasteiger partial charge >= 0.3 is 0 Å². The molecule has 2 aromatic carbocycles. The van der Waals surface area contributed by atoms with E-state index >= 15 is 0 Å². The number of hydrazone groups is 1. The lowest BCUT2D eigenvalue weighted by Gasteiger charge is -2.06. The van der Waals surface area contributed by atoms with Gasteiger partial charge in [0.15, 0.2) is 0 Å². The minimum Gasteiger partial charge on any atom is -0.267 e. The molecule has 1 N–H and O–H groups in total. The van der Waals surface area contributed by atoms with Crippen LogP contribution in [-0.2, 0) is 0 Å². The van der Waals surface area contributed by atoms with Crippen molar-refractivity contribution in [2.75, 3.05) is 0 Å². The summed E-state index contributed by atoms with van der Waals surface area (Å²) < 4.78 is 0. The second-order valence-corrected chi connectivity index (χ2v) is 5.44. The molecule has 3 rings (SSSR count). The summed E-state index contributed by atoms with van der Waals surface area (Å²) >= 11 is 0. The number of nitrogens with zero attached hydrogens (tertiary/aromatic N) is 2. The lowest BCUT2D eigenvalue weighted by atomic mass is 10.1. The highest BCUT2D eigenvalue weighted by molar-refractivity contribution is 6.06. The number of aromatic nitrogens is 1. The number of carbonyl (C=O) groups is 1. The third-order valence-corrected chi connectivity index (χ3v) is 3.55. The molecule has 0 radical (unpaired) electrons. The Morgan fingerprint density at radius 3 is 2.61 bits per heavy atom. The Kier molecular flexibility index (Phi) is 4.15. The average Bonchev–Trinajstić information content (AvgIpc) is 2.55. The van der Waals surface area contributed by atoms with Gasteiger partial charge < -0.3 is 0 Å². The van der Waals surface area contributed by atoms with Crippen LogP contribution in [0.5, 0.6) is 0 Å². The molecule has 0 aliphatic carbocycles. The first-order chi connectivity index (χ1) is 11.1. The van der Waals surface area contributed by atoms with E-state index in [4.69, 9.17) is 0 Å². The number of hydrogen-bond donors (Lipinski definition) is 1. The number of aryl methyl sites for hydroxylation is 2. The molecular formula is C19H17N3O. The number of amides is 1. The van der Waals surface area contributed by atoms with E-state index in [9.17, 15) is 4.79 Å². The van der Waals surface area contributed by atoms with Crippen molar-refractivity contribution in [1.82, 2.24) is 10.4 Å². The molecule has 0 saturated carbocycles. The second kappa shape index (κ2) is 6.40. The minimum absolute atomic E-state index is 0.241. The van der Waals surface area contributed by atoms with E-state index in [2.05, 4.69) is 15.5 Å². The topological polar surface area (TPSA) is 54.4 Å². The molecule has 0 fully saturated rings. The van der Waals surface area contributed by atoms with Gasteiger partial charge in [-0.25, -0.2) is 5.43 Å². The summed E-state index contributed by atoms with van der Waals surface area (Å²) in [5.41, 5.74) is 6.89. The van der Waals surface area contributed by atoms with Gasteiger partial charge in [-0.3, -0.25) is 9.78 Å². The number of benzene rings is 2. The first kappa shape index (κ1) is 14.9. The van der Waals surface area contributed by atoms with E-state index in [1.165, 1.54) is 5.56 Å². The van der Waals surface area contributed by atoms with Crippen LogP contribution in [0.15, 0.2) is 59.7 Å². The average molecular weight is 303 g/mol. The zero-order valence-electron chi connectivity index (χ0n) is 13.1. The fourth-order valence-electron chi connectivity index (χ4n) is 2.37. The fourth-order valence-corrected chi connectivity index (χ4v) is 2.37. The third-order valence-electron chi connectivity index (χ3n) is 3.55. The van der Waals surface area contributed by atoms with E-state index in [1.54, 1.807) is 12.3 Å². The van der Waals surface area contributed by atoms with Crippen LogP contribution in [0, 0.1) is 13.8 Å². The molecule has 0 aliphatic rings. The molecule has 1 heterocycles. The van der Waals surface area contributed by atoms with Crippen LogP contribution in [0.1, 0.15) is 27.2 Å². The molecular weight excluding hydrogens is 286 g/mol. The number of para-hydroxylation sites is 1.